The Hall–Kier alpha value is -1.32. The summed E-state index contributed by atoms with van der Waals surface area (Å²) in [6.45, 7) is 15.8. The monoisotopic (exact) mass is 283 g/mol. The fraction of sp³-hybridized carbons (Fsp3) is 0.750. The summed E-state index contributed by atoms with van der Waals surface area (Å²) < 4.78 is 5.30. The molecule has 116 valence electrons. The predicted molar refractivity (Wildman–Crippen MR) is 81.3 cm³/mol. The number of hydrogen-bond acceptors (Lipinski definition) is 3. The lowest BCUT2D eigenvalue weighted by molar-refractivity contribution is -0.142. The van der Waals surface area contributed by atoms with Crippen LogP contribution in [0.1, 0.15) is 55.4 Å². The zero-order valence-electron chi connectivity index (χ0n) is 14.1. The van der Waals surface area contributed by atoms with Gasteiger partial charge < -0.3 is 10.1 Å². The summed E-state index contributed by atoms with van der Waals surface area (Å²) in [6, 6.07) is 0. The summed E-state index contributed by atoms with van der Waals surface area (Å²) >= 11 is 0. The first kappa shape index (κ1) is 18.7. The van der Waals surface area contributed by atoms with Gasteiger partial charge in [0, 0.05) is 22.9 Å². The van der Waals surface area contributed by atoms with Gasteiger partial charge in [0.25, 0.3) is 0 Å². The van der Waals surface area contributed by atoms with Crippen molar-refractivity contribution in [3.05, 3.63) is 11.1 Å². The fourth-order valence-electron chi connectivity index (χ4n) is 1.21. The average molecular weight is 283 g/mol. The minimum absolute atomic E-state index is 0.00243. The van der Waals surface area contributed by atoms with Crippen LogP contribution in [0.4, 0.5) is 0 Å². The molecule has 0 rings (SSSR count). The quantitative estimate of drug-likeness (QED) is 0.623. The second-order valence-corrected chi connectivity index (χ2v) is 7.30. The van der Waals surface area contributed by atoms with Gasteiger partial charge in [-0.2, -0.15) is 0 Å². The Kier molecular flexibility index (Phi) is 6.45. The van der Waals surface area contributed by atoms with Crippen molar-refractivity contribution in [2.45, 2.75) is 55.4 Å². The fourth-order valence-corrected chi connectivity index (χ4v) is 1.21. The van der Waals surface area contributed by atoms with Gasteiger partial charge in [-0.3, -0.25) is 4.79 Å². The van der Waals surface area contributed by atoms with Gasteiger partial charge in [0.2, 0.25) is 5.91 Å². The van der Waals surface area contributed by atoms with Crippen LogP contribution < -0.4 is 5.32 Å². The molecule has 0 aliphatic rings. The lowest BCUT2D eigenvalue weighted by Crippen LogP contribution is -2.42. The molecule has 0 fully saturated rings. The smallest absolute Gasteiger partial charge is 0.333 e. The standard InChI is InChI=1S/C16H29NO3/c1-11(2)12(3)13(18)20-10-16(7,8)9-17-14(19)15(4,5)6/h9-10H2,1-8H3,(H,17,19). The Morgan fingerprint density at radius 1 is 1.00 bits per heavy atom. The maximum Gasteiger partial charge on any atom is 0.333 e. The van der Waals surface area contributed by atoms with Gasteiger partial charge in [-0.1, -0.05) is 40.2 Å². The van der Waals surface area contributed by atoms with Crippen molar-refractivity contribution in [3.8, 4) is 0 Å². The first-order valence-electron chi connectivity index (χ1n) is 6.96. The third-order valence-corrected chi connectivity index (χ3v) is 3.06. The Bertz CT molecular complexity index is 396. The maximum absolute atomic E-state index is 11.8. The van der Waals surface area contributed by atoms with Crippen LogP contribution >= 0.6 is 0 Å². The molecular formula is C16H29NO3. The van der Waals surface area contributed by atoms with E-state index in [4.69, 9.17) is 4.74 Å². The number of hydrogen-bond donors (Lipinski definition) is 1. The highest BCUT2D eigenvalue weighted by Gasteiger charge is 2.26. The van der Waals surface area contributed by atoms with E-state index in [1.165, 1.54) is 0 Å². The van der Waals surface area contributed by atoms with Crippen LogP contribution in [0.3, 0.4) is 0 Å². The Morgan fingerprint density at radius 3 is 1.90 bits per heavy atom. The molecule has 0 saturated carbocycles. The van der Waals surface area contributed by atoms with Crippen molar-refractivity contribution >= 4 is 11.9 Å². The van der Waals surface area contributed by atoms with E-state index in [2.05, 4.69) is 5.32 Å². The summed E-state index contributed by atoms with van der Waals surface area (Å²) in [6.07, 6.45) is 0. The SMILES string of the molecule is CC(C)=C(C)C(=O)OCC(C)(C)CNC(=O)C(C)(C)C. The van der Waals surface area contributed by atoms with Crippen molar-refractivity contribution in [1.29, 1.82) is 0 Å². The van der Waals surface area contributed by atoms with Gasteiger partial charge in [0.1, 0.15) is 0 Å². The summed E-state index contributed by atoms with van der Waals surface area (Å²) in [7, 11) is 0. The van der Waals surface area contributed by atoms with Gasteiger partial charge in [-0.05, 0) is 20.8 Å². The minimum atomic E-state index is -0.411. The summed E-state index contributed by atoms with van der Waals surface area (Å²) in [4.78, 5) is 23.6. The molecular weight excluding hydrogens is 254 g/mol. The molecule has 0 saturated heterocycles. The molecule has 0 heterocycles. The van der Waals surface area contributed by atoms with Gasteiger partial charge in [-0.25, -0.2) is 4.79 Å². The van der Waals surface area contributed by atoms with E-state index in [0.29, 0.717) is 12.1 Å². The zero-order valence-corrected chi connectivity index (χ0v) is 14.1. The maximum atomic E-state index is 11.8. The number of allylic oxidation sites excluding steroid dienone is 1. The van der Waals surface area contributed by atoms with E-state index < -0.39 is 5.41 Å². The number of ether oxygens (including phenoxy) is 1. The van der Waals surface area contributed by atoms with E-state index in [0.717, 1.165) is 5.57 Å². The molecule has 4 nitrogen and oxygen atoms in total. The normalized spacial score (nSPS) is 11.8. The van der Waals surface area contributed by atoms with E-state index in [1.807, 2.05) is 48.5 Å². The number of carbonyl (C=O) groups is 2. The van der Waals surface area contributed by atoms with Crippen LogP contribution in [0.5, 0.6) is 0 Å². The molecule has 0 radical (unpaired) electrons. The summed E-state index contributed by atoms with van der Waals surface area (Å²) in [5, 5.41) is 2.90. The van der Waals surface area contributed by atoms with Crippen LogP contribution in [-0.2, 0) is 14.3 Å². The molecule has 1 amide bonds. The molecule has 0 aromatic heterocycles. The zero-order chi connectivity index (χ0) is 16.1. The van der Waals surface area contributed by atoms with Crippen LogP contribution in [0.25, 0.3) is 0 Å². The number of carbonyl (C=O) groups excluding carboxylic acids is 2. The molecule has 1 N–H and O–H groups in total. The molecule has 4 heteroatoms. The van der Waals surface area contributed by atoms with Crippen LogP contribution in [0, 0.1) is 10.8 Å². The van der Waals surface area contributed by atoms with Gasteiger partial charge in [-0.15, -0.1) is 0 Å². The second-order valence-electron chi connectivity index (χ2n) is 7.30. The molecule has 0 spiro atoms. The van der Waals surface area contributed by atoms with Crippen molar-refractivity contribution in [1.82, 2.24) is 5.32 Å². The molecule has 0 aliphatic carbocycles. The van der Waals surface area contributed by atoms with Crippen LogP contribution in [0.15, 0.2) is 11.1 Å². The van der Waals surface area contributed by atoms with Crippen molar-refractivity contribution in [3.63, 3.8) is 0 Å². The van der Waals surface area contributed by atoms with E-state index in [-0.39, 0.29) is 23.9 Å². The number of nitrogens with one attached hydrogen (secondary N) is 1. The van der Waals surface area contributed by atoms with Gasteiger partial charge in [0.05, 0.1) is 6.61 Å². The highest BCUT2D eigenvalue weighted by atomic mass is 16.5. The number of amides is 1. The molecule has 0 aromatic rings. The van der Waals surface area contributed by atoms with Crippen LogP contribution in [-0.4, -0.2) is 25.0 Å². The highest BCUT2D eigenvalue weighted by molar-refractivity contribution is 5.88. The van der Waals surface area contributed by atoms with Crippen molar-refractivity contribution in [2.24, 2.45) is 10.8 Å². The largest absolute Gasteiger partial charge is 0.462 e. The number of esters is 1. The van der Waals surface area contributed by atoms with Crippen LogP contribution in [0.2, 0.25) is 0 Å². The summed E-state index contributed by atoms with van der Waals surface area (Å²) in [5.41, 5.74) is 0.887. The Morgan fingerprint density at radius 2 is 1.50 bits per heavy atom. The van der Waals surface area contributed by atoms with Crippen molar-refractivity contribution in [2.75, 3.05) is 13.2 Å². The lowest BCUT2D eigenvalue weighted by atomic mass is 9.92. The molecule has 20 heavy (non-hydrogen) atoms. The van der Waals surface area contributed by atoms with Gasteiger partial charge >= 0.3 is 5.97 Å². The third kappa shape index (κ3) is 6.73. The van der Waals surface area contributed by atoms with E-state index >= 15 is 0 Å². The average Bonchev–Trinajstić information content (AvgIpc) is 2.30. The molecule has 0 aromatic carbocycles. The second kappa shape index (κ2) is 6.91. The first-order chi connectivity index (χ1) is 8.87. The minimum Gasteiger partial charge on any atom is -0.462 e. The first-order valence-corrected chi connectivity index (χ1v) is 6.96. The predicted octanol–water partition coefficient (Wildman–Crippen LogP) is 3.07. The molecule has 0 aliphatic heterocycles. The van der Waals surface area contributed by atoms with Crippen molar-refractivity contribution < 1.29 is 14.3 Å². The van der Waals surface area contributed by atoms with E-state index in [1.54, 1.807) is 6.92 Å². The molecule has 0 atom stereocenters. The van der Waals surface area contributed by atoms with Gasteiger partial charge in [0.15, 0.2) is 0 Å². The highest BCUT2D eigenvalue weighted by Crippen LogP contribution is 2.18. The van der Waals surface area contributed by atoms with E-state index in [9.17, 15) is 9.59 Å². The summed E-state index contributed by atoms with van der Waals surface area (Å²) in [5.74, 6) is -0.294. The Balaban J connectivity index is 4.38. The Labute approximate surface area is 123 Å². The molecule has 0 unspecified atom stereocenters. The topological polar surface area (TPSA) is 55.4 Å². The lowest BCUT2D eigenvalue weighted by Gasteiger charge is -2.27. The molecule has 0 bridgehead atoms. The third-order valence-electron chi connectivity index (χ3n) is 3.06. The number of rotatable bonds is 5.